The van der Waals surface area contributed by atoms with E-state index in [-0.39, 0.29) is 5.78 Å². The predicted octanol–water partition coefficient (Wildman–Crippen LogP) is 3.07. The number of Topliss-reactive ketones (excluding diaryl/α,β-unsaturated/α-hetero) is 1. The molecule has 114 valence electrons. The van der Waals surface area contributed by atoms with Crippen molar-refractivity contribution in [2.75, 3.05) is 31.2 Å². The molecular weight excluding hydrogens is 280 g/mol. The first-order valence-electron chi connectivity index (χ1n) is 7.30. The summed E-state index contributed by atoms with van der Waals surface area (Å²) in [6, 6.07) is 11.0. The van der Waals surface area contributed by atoms with Crippen LogP contribution in [0.2, 0.25) is 0 Å². The first kappa shape index (κ1) is 14.5. The van der Waals surface area contributed by atoms with Crippen molar-refractivity contribution in [3.63, 3.8) is 0 Å². The van der Waals surface area contributed by atoms with Gasteiger partial charge >= 0.3 is 0 Å². The molecule has 0 bridgehead atoms. The largest absolute Gasteiger partial charge is 0.440 e. The second kappa shape index (κ2) is 6.58. The molecule has 1 aromatic heterocycles. The number of aliphatic imine (C=N–C) groups is 1. The molecule has 5 heteroatoms. The zero-order chi connectivity index (χ0) is 15.4. The summed E-state index contributed by atoms with van der Waals surface area (Å²) in [7, 11) is 0. The third kappa shape index (κ3) is 3.43. The van der Waals surface area contributed by atoms with E-state index in [1.165, 1.54) is 0 Å². The first-order chi connectivity index (χ1) is 10.7. The quantitative estimate of drug-likeness (QED) is 0.643. The molecule has 2 heterocycles. The molecule has 0 unspecified atom stereocenters. The van der Waals surface area contributed by atoms with Crippen molar-refractivity contribution in [3.05, 3.63) is 47.7 Å². The summed E-state index contributed by atoms with van der Waals surface area (Å²) in [4.78, 5) is 17.7. The molecule has 0 aliphatic carbocycles. The summed E-state index contributed by atoms with van der Waals surface area (Å²) in [5.41, 5.74) is 1.47. The molecule has 2 aromatic rings. The molecule has 0 saturated carbocycles. The molecule has 1 aliphatic heterocycles. The lowest BCUT2D eigenvalue weighted by atomic mass is 10.1. The smallest absolute Gasteiger partial charge is 0.196 e. The minimum Gasteiger partial charge on any atom is -0.440 e. The number of furan rings is 1. The Kier molecular flexibility index (Phi) is 4.34. The molecule has 1 fully saturated rings. The van der Waals surface area contributed by atoms with Gasteiger partial charge in [-0.05, 0) is 37.3 Å². The Hall–Kier alpha value is -2.40. The number of carbonyl (C=O) groups excluding carboxylic acids is 1. The number of hydrogen-bond donors (Lipinski definition) is 0. The van der Waals surface area contributed by atoms with E-state index < -0.39 is 0 Å². The average molecular weight is 298 g/mol. The predicted molar refractivity (Wildman–Crippen MR) is 85.4 cm³/mol. The van der Waals surface area contributed by atoms with Crippen molar-refractivity contribution in [2.45, 2.75) is 6.92 Å². The Morgan fingerprint density at radius 2 is 1.86 bits per heavy atom. The summed E-state index contributed by atoms with van der Waals surface area (Å²) in [5.74, 6) is 1.60. The molecule has 0 amide bonds. The maximum absolute atomic E-state index is 11.2. The number of morpholine rings is 1. The topological polar surface area (TPSA) is 55.0 Å². The molecule has 5 nitrogen and oxygen atoms in total. The number of rotatable bonds is 4. The second-order valence-electron chi connectivity index (χ2n) is 5.14. The van der Waals surface area contributed by atoms with E-state index in [1.54, 1.807) is 25.3 Å². The van der Waals surface area contributed by atoms with Gasteiger partial charge in [-0.2, -0.15) is 0 Å². The van der Waals surface area contributed by atoms with Gasteiger partial charge in [-0.1, -0.05) is 0 Å². The van der Waals surface area contributed by atoms with Gasteiger partial charge in [-0.3, -0.25) is 9.79 Å². The van der Waals surface area contributed by atoms with E-state index >= 15 is 0 Å². The maximum Gasteiger partial charge on any atom is 0.196 e. The van der Waals surface area contributed by atoms with Gasteiger partial charge in [0.2, 0.25) is 0 Å². The minimum absolute atomic E-state index is 0.0525. The highest BCUT2D eigenvalue weighted by molar-refractivity contribution is 5.94. The van der Waals surface area contributed by atoms with Crippen molar-refractivity contribution in [2.24, 2.45) is 4.99 Å². The molecule has 1 aliphatic rings. The van der Waals surface area contributed by atoms with Crippen LogP contribution in [0.4, 0.5) is 11.6 Å². The number of carbonyl (C=O) groups is 1. The van der Waals surface area contributed by atoms with Crippen LogP contribution in [0.15, 0.2) is 45.8 Å². The van der Waals surface area contributed by atoms with Gasteiger partial charge in [0.05, 0.1) is 25.1 Å². The third-order valence-electron chi connectivity index (χ3n) is 3.55. The van der Waals surface area contributed by atoms with Crippen molar-refractivity contribution in [1.29, 1.82) is 0 Å². The van der Waals surface area contributed by atoms with Gasteiger partial charge in [0.1, 0.15) is 5.76 Å². The van der Waals surface area contributed by atoms with E-state index in [1.807, 2.05) is 24.3 Å². The van der Waals surface area contributed by atoms with Gasteiger partial charge in [0.25, 0.3) is 0 Å². The summed E-state index contributed by atoms with van der Waals surface area (Å²) in [5, 5.41) is 0. The van der Waals surface area contributed by atoms with E-state index in [9.17, 15) is 4.79 Å². The Bertz CT molecular complexity index is 667. The standard InChI is InChI=1S/C17H18N2O3/c1-13(20)14-2-4-15(5-3-14)18-12-16-6-7-17(22-16)19-8-10-21-11-9-19/h2-7,12H,8-11H2,1H3. The van der Waals surface area contributed by atoms with Crippen LogP contribution >= 0.6 is 0 Å². The Morgan fingerprint density at radius 1 is 1.14 bits per heavy atom. The number of ether oxygens (including phenoxy) is 1. The summed E-state index contributed by atoms with van der Waals surface area (Å²) in [6.45, 7) is 4.70. The monoisotopic (exact) mass is 298 g/mol. The maximum atomic E-state index is 11.2. The van der Waals surface area contributed by atoms with Crippen LogP contribution in [0.25, 0.3) is 0 Å². The van der Waals surface area contributed by atoms with Crippen molar-refractivity contribution in [1.82, 2.24) is 0 Å². The normalized spacial score (nSPS) is 15.4. The molecule has 1 saturated heterocycles. The van der Waals surface area contributed by atoms with Crippen LogP contribution in [-0.4, -0.2) is 38.3 Å². The third-order valence-corrected chi connectivity index (χ3v) is 3.55. The highest BCUT2D eigenvalue weighted by Gasteiger charge is 2.14. The summed E-state index contributed by atoms with van der Waals surface area (Å²) >= 11 is 0. The van der Waals surface area contributed by atoms with Crippen LogP contribution in [0.5, 0.6) is 0 Å². The Morgan fingerprint density at radius 3 is 2.55 bits per heavy atom. The second-order valence-corrected chi connectivity index (χ2v) is 5.14. The molecule has 0 radical (unpaired) electrons. The van der Waals surface area contributed by atoms with Gasteiger partial charge < -0.3 is 14.1 Å². The summed E-state index contributed by atoms with van der Waals surface area (Å²) in [6.07, 6.45) is 1.69. The van der Waals surface area contributed by atoms with Crippen molar-refractivity contribution in [3.8, 4) is 0 Å². The number of ketones is 1. The lowest BCUT2D eigenvalue weighted by Gasteiger charge is -2.26. The fourth-order valence-electron chi connectivity index (χ4n) is 2.29. The fraction of sp³-hybridized carbons (Fsp3) is 0.294. The molecule has 3 rings (SSSR count). The van der Waals surface area contributed by atoms with E-state index in [0.29, 0.717) is 11.3 Å². The van der Waals surface area contributed by atoms with E-state index in [4.69, 9.17) is 9.15 Å². The van der Waals surface area contributed by atoms with E-state index in [0.717, 1.165) is 37.9 Å². The summed E-state index contributed by atoms with van der Waals surface area (Å²) < 4.78 is 11.1. The number of nitrogens with zero attached hydrogens (tertiary/aromatic N) is 2. The first-order valence-corrected chi connectivity index (χ1v) is 7.30. The molecule has 0 N–H and O–H groups in total. The number of hydrogen-bond acceptors (Lipinski definition) is 5. The van der Waals surface area contributed by atoms with Crippen LogP contribution in [0, 0.1) is 0 Å². The van der Waals surface area contributed by atoms with E-state index in [2.05, 4.69) is 9.89 Å². The lowest BCUT2D eigenvalue weighted by molar-refractivity contribution is 0.101. The van der Waals surface area contributed by atoms with Crippen LogP contribution in [0.1, 0.15) is 23.0 Å². The van der Waals surface area contributed by atoms with Gasteiger partial charge in [0.15, 0.2) is 11.7 Å². The highest BCUT2D eigenvalue weighted by Crippen LogP contribution is 2.19. The van der Waals surface area contributed by atoms with Crippen LogP contribution < -0.4 is 4.90 Å². The van der Waals surface area contributed by atoms with Gasteiger partial charge in [-0.15, -0.1) is 0 Å². The van der Waals surface area contributed by atoms with Crippen molar-refractivity contribution < 1.29 is 13.9 Å². The number of benzene rings is 1. The zero-order valence-corrected chi connectivity index (χ0v) is 12.5. The Labute approximate surface area is 129 Å². The molecule has 0 spiro atoms. The molecule has 0 atom stereocenters. The molecule has 22 heavy (non-hydrogen) atoms. The molecular formula is C17H18N2O3. The number of anilines is 1. The molecule has 1 aromatic carbocycles. The van der Waals surface area contributed by atoms with Crippen LogP contribution in [-0.2, 0) is 4.74 Å². The van der Waals surface area contributed by atoms with Crippen molar-refractivity contribution >= 4 is 23.6 Å². The minimum atomic E-state index is 0.0525. The van der Waals surface area contributed by atoms with Crippen LogP contribution in [0.3, 0.4) is 0 Å². The highest BCUT2D eigenvalue weighted by atomic mass is 16.5. The Balaban J connectivity index is 1.67. The van der Waals surface area contributed by atoms with Gasteiger partial charge in [0, 0.05) is 24.7 Å². The van der Waals surface area contributed by atoms with Gasteiger partial charge in [-0.25, -0.2) is 0 Å². The zero-order valence-electron chi connectivity index (χ0n) is 12.5. The SMILES string of the molecule is CC(=O)c1ccc(N=Cc2ccc(N3CCOCC3)o2)cc1. The lowest BCUT2D eigenvalue weighted by Crippen LogP contribution is -2.35. The average Bonchev–Trinajstić information content (AvgIpc) is 3.03. The fourth-order valence-corrected chi connectivity index (χ4v) is 2.29.